The summed E-state index contributed by atoms with van der Waals surface area (Å²) in [5.74, 6) is -0.157. The van der Waals surface area contributed by atoms with Gasteiger partial charge < -0.3 is 4.90 Å². The zero-order valence-electron chi connectivity index (χ0n) is 14.6. The summed E-state index contributed by atoms with van der Waals surface area (Å²) >= 11 is 0. The topological polar surface area (TPSA) is 62.0 Å². The second kappa shape index (κ2) is 7.27. The third kappa shape index (κ3) is 3.92. The highest BCUT2D eigenvalue weighted by molar-refractivity contribution is 5.97. The third-order valence-corrected chi connectivity index (χ3v) is 3.72. The largest absolute Gasteiger partial charge is 0.301 e. The van der Waals surface area contributed by atoms with E-state index in [2.05, 4.69) is 21.7 Å². The normalized spacial score (nSPS) is 11.5. The summed E-state index contributed by atoms with van der Waals surface area (Å²) in [7, 11) is 3.68. The Hall–Kier alpha value is -2.99. The second-order valence-corrected chi connectivity index (χ2v) is 6.19. The van der Waals surface area contributed by atoms with Crippen LogP contribution in [-0.4, -0.2) is 47.3 Å². The molecule has 0 radical (unpaired) electrons. The fraction of sp³-hybridized carbons (Fsp3) is 0.211. The number of benzene rings is 1. The molecule has 1 N–H and O–H groups in total. The number of hydrazone groups is 1. The van der Waals surface area contributed by atoms with Crippen LogP contribution in [0.2, 0.25) is 0 Å². The van der Waals surface area contributed by atoms with E-state index in [1.54, 1.807) is 11.1 Å². The fourth-order valence-corrected chi connectivity index (χ4v) is 2.60. The van der Waals surface area contributed by atoms with Gasteiger partial charge in [-0.1, -0.05) is 30.3 Å². The molecule has 0 bridgehead atoms. The Morgan fingerprint density at radius 3 is 2.76 bits per heavy atom. The van der Waals surface area contributed by atoms with Crippen LogP contribution < -0.4 is 5.43 Å². The van der Waals surface area contributed by atoms with Crippen molar-refractivity contribution in [1.82, 2.24) is 19.9 Å². The molecule has 1 amide bonds. The van der Waals surface area contributed by atoms with E-state index in [1.807, 2.05) is 68.1 Å². The van der Waals surface area contributed by atoms with Crippen LogP contribution in [0.5, 0.6) is 0 Å². The molecule has 0 unspecified atom stereocenters. The van der Waals surface area contributed by atoms with E-state index in [0.29, 0.717) is 0 Å². The number of rotatable bonds is 5. The molecule has 0 spiro atoms. The average Bonchev–Trinajstić information content (AvgIpc) is 2.93. The number of amides is 1. The van der Waals surface area contributed by atoms with Crippen molar-refractivity contribution in [3.05, 3.63) is 59.8 Å². The molecule has 1 aromatic carbocycles. The van der Waals surface area contributed by atoms with Gasteiger partial charge in [0.25, 0.3) is 5.91 Å². The molecular formula is C19H21N5O. The molecule has 0 fully saturated rings. The third-order valence-electron chi connectivity index (χ3n) is 3.72. The summed E-state index contributed by atoms with van der Waals surface area (Å²) in [5, 5.41) is 8.80. The Kier molecular flexibility index (Phi) is 4.90. The predicted molar refractivity (Wildman–Crippen MR) is 99.7 cm³/mol. The molecule has 3 aromatic rings. The van der Waals surface area contributed by atoms with Crippen LogP contribution in [0.1, 0.15) is 11.1 Å². The summed E-state index contributed by atoms with van der Waals surface area (Å²) in [4.78, 5) is 13.6. The molecule has 2 aromatic heterocycles. The summed E-state index contributed by atoms with van der Waals surface area (Å²) in [6.45, 7) is 2.33. The van der Waals surface area contributed by atoms with Gasteiger partial charge in [0.15, 0.2) is 0 Å². The lowest BCUT2D eigenvalue weighted by atomic mass is 10.1. The van der Waals surface area contributed by atoms with E-state index in [0.717, 1.165) is 27.9 Å². The lowest BCUT2D eigenvalue weighted by Crippen LogP contribution is -2.30. The number of hydrogen-bond acceptors (Lipinski definition) is 4. The van der Waals surface area contributed by atoms with Crippen molar-refractivity contribution >= 4 is 17.6 Å². The van der Waals surface area contributed by atoms with Crippen molar-refractivity contribution in [3.63, 3.8) is 0 Å². The van der Waals surface area contributed by atoms with Gasteiger partial charge in [-0.25, -0.2) is 9.94 Å². The lowest BCUT2D eigenvalue weighted by Gasteiger charge is -2.06. The number of likely N-dealkylation sites (N-methyl/N-ethyl adjacent to an activating group) is 1. The highest BCUT2D eigenvalue weighted by atomic mass is 16.2. The number of fused-ring (bicyclic) bond motifs is 1. The molecule has 25 heavy (non-hydrogen) atoms. The van der Waals surface area contributed by atoms with Gasteiger partial charge >= 0.3 is 0 Å². The van der Waals surface area contributed by atoms with Crippen molar-refractivity contribution in [1.29, 1.82) is 0 Å². The van der Waals surface area contributed by atoms with Gasteiger partial charge in [-0.2, -0.15) is 10.2 Å². The standard InChI is InChI=1S/C19H21N5O/c1-14-9-10-24-17(11-14)16(12-20-21-18(25)13-23(2)3)19(22-24)15-7-5-4-6-8-15/h4-12H,13H2,1-3H3,(H,21,25). The van der Waals surface area contributed by atoms with Crippen LogP contribution >= 0.6 is 0 Å². The first-order valence-corrected chi connectivity index (χ1v) is 8.05. The molecule has 0 aliphatic carbocycles. The first-order chi connectivity index (χ1) is 12.0. The summed E-state index contributed by atoms with van der Waals surface area (Å²) in [6, 6.07) is 14.0. The first kappa shape index (κ1) is 16.9. The van der Waals surface area contributed by atoms with Crippen LogP contribution in [0.15, 0.2) is 53.8 Å². The van der Waals surface area contributed by atoms with E-state index in [1.165, 1.54) is 0 Å². The van der Waals surface area contributed by atoms with E-state index >= 15 is 0 Å². The van der Waals surface area contributed by atoms with Gasteiger partial charge in [0.05, 0.1) is 18.3 Å². The van der Waals surface area contributed by atoms with Gasteiger partial charge in [0, 0.05) is 17.3 Å². The minimum absolute atomic E-state index is 0.157. The van der Waals surface area contributed by atoms with Gasteiger partial charge in [0.1, 0.15) is 5.69 Å². The van der Waals surface area contributed by atoms with E-state index in [-0.39, 0.29) is 12.5 Å². The molecule has 0 saturated heterocycles. The van der Waals surface area contributed by atoms with Crippen LogP contribution in [0.25, 0.3) is 16.8 Å². The summed E-state index contributed by atoms with van der Waals surface area (Å²) in [6.07, 6.45) is 3.59. The van der Waals surface area contributed by atoms with Crippen LogP contribution in [-0.2, 0) is 4.79 Å². The molecular weight excluding hydrogens is 314 g/mol. The quantitative estimate of drug-likeness (QED) is 0.575. The number of hydrogen-bond donors (Lipinski definition) is 1. The molecule has 128 valence electrons. The molecule has 6 nitrogen and oxygen atoms in total. The van der Waals surface area contributed by atoms with E-state index in [9.17, 15) is 4.79 Å². The van der Waals surface area contributed by atoms with Gasteiger partial charge in [-0.05, 0) is 38.7 Å². The maximum absolute atomic E-state index is 11.8. The minimum atomic E-state index is -0.157. The SMILES string of the molecule is Cc1ccn2nc(-c3ccccc3)c(C=NNC(=O)CN(C)C)c2c1. The molecule has 2 heterocycles. The van der Waals surface area contributed by atoms with Gasteiger partial charge in [-0.3, -0.25) is 4.79 Å². The Bertz CT molecular complexity index is 912. The van der Waals surface area contributed by atoms with Crippen molar-refractivity contribution in [2.75, 3.05) is 20.6 Å². The fourth-order valence-electron chi connectivity index (χ4n) is 2.60. The Balaban J connectivity index is 1.99. The van der Waals surface area contributed by atoms with Crippen molar-refractivity contribution in [2.24, 2.45) is 5.10 Å². The smallest absolute Gasteiger partial charge is 0.254 e. The highest BCUT2D eigenvalue weighted by Crippen LogP contribution is 2.25. The molecule has 0 aliphatic rings. The molecule has 0 saturated carbocycles. The maximum Gasteiger partial charge on any atom is 0.254 e. The molecule has 0 aliphatic heterocycles. The Morgan fingerprint density at radius 1 is 1.28 bits per heavy atom. The average molecular weight is 335 g/mol. The molecule has 6 heteroatoms. The van der Waals surface area contributed by atoms with Crippen LogP contribution in [0.4, 0.5) is 0 Å². The number of aromatic nitrogens is 2. The first-order valence-electron chi connectivity index (χ1n) is 8.05. The monoisotopic (exact) mass is 335 g/mol. The number of aryl methyl sites for hydroxylation is 1. The number of nitrogens with one attached hydrogen (secondary N) is 1. The van der Waals surface area contributed by atoms with Crippen LogP contribution in [0, 0.1) is 6.92 Å². The number of pyridine rings is 1. The Labute approximate surface area is 146 Å². The van der Waals surface area contributed by atoms with Crippen LogP contribution in [0.3, 0.4) is 0 Å². The second-order valence-electron chi connectivity index (χ2n) is 6.19. The molecule has 3 rings (SSSR count). The van der Waals surface area contributed by atoms with Crippen molar-refractivity contribution < 1.29 is 4.79 Å². The maximum atomic E-state index is 11.8. The number of carbonyl (C=O) groups is 1. The van der Waals surface area contributed by atoms with E-state index < -0.39 is 0 Å². The lowest BCUT2D eigenvalue weighted by molar-refractivity contribution is -0.121. The summed E-state index contributed by atoms with van der Waals surface area (Å²) < 4.78 is 1.83. The number of nitrogens with zero attached hydrogens (tertiary/aromatic N) is 4. The minimum Gasteiger partial charge on any atom is -0.301 e. The zero-order chi connectivity index (χ0) is 17.8. The van der Waals surface area contributed by atoms with E-state index in [4.69, 9.17) is 0 Å². The molecule has 0 atom stereocenters. The predicted octanol–water partition coefficient (Wildman–Crippen LogP) is 2.32. The van der Waals surface area contributed by atoms with Gasteiger partial charge in [0.2, 0.25) is 0 Å². The number of carbonyl (C=O) groups excluding carboxylic acids is 1. The highest BCUT2D eigenvalue weighted by Gasteiger charge is 2.13. The Morgan fingerprint density at radius 2 is 2.04 bits per heavy atom. The van der Waals surface area contributed by atoms with Crippen molar-refractivity contribution in [3.8, 4) is 11.3 Å². The van der Waals surface area contributed by atoms with Crippen molar-refractivity contribution in [2.45, 2.75) is 6.92 Å². The summed E-state index contributed by atoms with van der Waals surface area (Å²) in [5.41, 5.74) is 7.36. The zero-order valence-corrected chi connectivity index (χ0v) is 14.6. The van der Waals surface area contributed by atoms with Gasteiger partial charge in [-0.15, -0.1) is 0 Å².